The van der Waals surface area contributed by atoms with Gasteiger partial charge >= 0.3 is 0 Å². The molecule has 1 amide bonds. The minimum Gasteiger partial charge on any atom is -0.378 e. The molecule has 0 bridgehead atoms. The van der Waals surface area contributed by atoms with Crippen LogP contribution in [0.3, 0.4) is 0 Å². The molecule has 0 fully saturated rings. The summed E-state index contributed by atoms with van der Waals surface area (Å²) in [6.07, 6.45) is 0. The van der Waals surface area contributed by atoms with Crippen molar-refractivity contribution in [3.05, 3.63) is 64.7 Å². The van der Waals surface area contributed by atoms with E-state index in [1.165, 1.54) is 0 Å². The molecule has 0 aromatic heterocycles. The number of benzene rings is 2. The zero-order valence-electron chi connectivity index (χ0n) is 12.2. The van der Waals surface area contributed by atoms with Crippen molar-refractivity contribution < 1.29 is 4.79 Å². The fourth-order valence-electron chi connectivity index (χ4n) is 2.13. The highest BCUT2D eigenvalue weighted by Gasteiger charge is 2.09. The van der Waals surface area contributed by atoms with E-state index in [2.05, 4.69) is 17.6 Å². The van der Waals surface area contributed by atoms with Crippen LogP contribution in [-0.4, -0.2) is 12.5 Å². The zero-order valence-corrected chi connectivity index (χ0v) is 12.9. The minimum absolute atomic E-state index is 0.0526. The molecule has 2 aromatic carbocycles. The number of carbonyl (C=O) groups is 1. The van der Waals surface area contributed by atoms with E-state index in [9.17, 15) is 4.79 Å². The average molecular weight is 303 g/mol. The molecule has 0 radical (unpaired) electrons. The number of hydrogen-bond donors (Lipinski definition) is 2. The van der Waals surface area contributed by atoms with Crippen LogP contribution in [0.15, 0.2) is 48.5 Å². The maximum atomic E-state index is 11.7. The second kappa shape index (κ2) is 7.14. The van der Waals surface area contributed by atoms with Crippen LogP contribution in [-0.2, 0) is 0 Å². The molecule has 2 rings (SSSR count). The molecule has 0 saturated heterocycles. The molecule has 0 heterocycles. The van der Waals surface area contributed by atoms with Gasteiger partial charge in [-0.2, -0.15) is 0 Å². The molecular weight excluding hydrogens is 284 g/mol. The monoisotopic (exact) mass is 302 g/mol. The van der Waals surface area contributed by atoms with Gasteiger partial charge in [0.1, 0.15) is 0 Å². The van der Waals surface area contributed by atoms with Crippen LogP contribution >= 0.6 is 11.6 Å². The van der Waals surface area contributed by atoms with Gasteiger partial charge in [-0.15, -0.1) is 0 Å². The van der Waals surface area contributed by atoms with Crippen LogP contribution in [0.1, 0.15) is 35.8 Å². The van der Waals surface area contributed by atoms with E-state index in [0.717, 1.165) is 16.3 Å². The first-order chi connectivity index (χ1) is 10.1. The molecule has 2 aromatic rings. The van der Waals surface area contributed by atoms with Crippen molar-refractivity contribution >= 4 is 23.2 Å². The summed E-state index contributed by atoms with van der Waals surface area (Å²) in [5, 5.41) is 6.91. The van der Waals surface area contributed by atoms with Crippen LogP contribution in [0.4, 0.5) is 5.69 Å². The fourth-order valence-corrected chi connectivity index (χ4v) is 2.43. The summed E-state index contributed by atoms with van der Waals surface area (Å²) in [4.78, 5) is 11.7. The van der Waals surface area contributed by atoms with E-state index in [-0.39, 0.29) is 11.9 Å². The maximum Gasteiger partial charge on any atom is 0.251 e. The summed E-state index contributed by atoms with van der Waals surface area (Å²) in [6, 6.07) is 15.3. The summed E-state index contributed by atoms with van der Waals surface area (Å²) in [7, 11) is 0. The SMILES string of the molecule is CCNC(=O)c1ccc(NC(C)c2ccccc2Cl)cc1. The van der Waals surface area contributed by atoms with Crippen molar-refractivity contribution in [2.24, 2.45) is 0 Å². The van der Waals surface area contributed by atoms with Gasteiger partial charge in [0.25, 0.3) is 5.91 Å². The van der Waals surface area contributed by atoms with Crippen molar-refractivity contribution in [1.82, 2.24) is 5.32 Å². The van der Waals surface area contributed by atoms with Crippen molar-refractivity contribution in [3.8, 4) is 0 Å². The molecule has 0 aliphatic carbocycles. The highest BCUT2D eigenvalue weighted by atomic mass is 35.5. The van der Waals surface area contributed by atoms with Gasteiger partial charge in [0.15, 0.2) is 0 Å². The lowest BCUT2D eigenvalue weighted by molar-refractivity contribution is 0.0956. The quantitative estimate of drug-likeness (QED) is 0.866. The van der Waals surface area contributed by atoms with Crippen LogP contribution in [0.25, 0.3) is 0 Å². The lowest BCUT2D eigenvalue weighted by atomic mass is 10.1. The van der Waals surface area contributed by atoms with E-state index < -0.39 is 0 Å². The molecule has 0 spiro atoms. The molecular formula is C17H19ClN2O. The molecule has 0 saturated carbocycles. The van der Waals surface area contributed by atoms with E-state index in [4.69, 9.17) is 11.6 Å². The van der Waals surface area contributed by atoms with Crippen molar-refractivity contribution in [2.45, 2.75) is 19.9 Å². The molecule has 1 unspecified atom stereocenters. The predicted octanol–water partition coefficient (Wildman–Crippen LogP) is 4.26. The molecule has 0 aliphatic heterocycles. The molecule has 1 atom stereocenters. The number of carbonyl (C=O) groups excluding carboxylic acids is 1. The second-order valence-electron chi connectivity index (χ2n) is 4.82. The molecule has 110 valence electrons. The van der Waals surface area contributed by atoms with Gasteiger partial charge in [-0.05, 0) is 49.7 Å². The zero-order chi connectivity index (χ0) is 15.2. The third-order valence-corrected chi connectivity index (χ3v) is 3.58. The van der Waals surface area contributed by atoms with Crippen LogP contribution in [0, 0.1) is 0 Å². The normalized spacial score (nSPS) is 11.8. The summed E-state index contributed by atoms with van der Waals surface area (Å²) in [5.74, 6) is -0.0526. The number of halogens is 1. The minimum atomic E-state index is -0.0526. The Bertz CT molecular complexity index is 610. The summed E-state index contributed by atoms with van der Waals surface area (Å²) < 4.78 is 0. The topological polar surface area (TPSA) is 41.1 Å². The second-order valence-corrected chi connectivity index (χ2v) is 5.23. The van der Waals surface area contributed by atoms with Crippen LogP contribution in [0.2, 0.25) is 5.02 Å². The summed E-state index contributed by atoms with van der Waals surface area (Å²) in [6.45, 7) is 4.58. The van der Waals surface area contributed by atoms with Gasteiger partial charge in [0.2, 0.25) is 0 Å². The third-order valence-electron chi connectivity index (χ3n) is 3.24. The Kier molecular flexibility index (Phi) is 5.23. The average Bonchev–Trinajstić information content (AvgIpc) is 2.48. The Labute approximate surface area is 130 Å². The Morgan fingerprint density at radius 3 is 2.43 bits per heavy atom. The predicted molar refractivity (Wildman–Crippen MR) is 87.9 cm³/mol. The molecule has 0 aliphatic rings. The van der Waals surface area contributed by atoms with E-state index in [1.54, 1.807) is 0 Å². The first-order valence-corrected chi connectivity index (χ1v) is 7.39. The van der Waals surface area contributed by atoms with E-state index in [1.807, 2.05) is 55.5 Å². The lowest BCUT2D eigenvalue weighted by Crippen LogP contribution is -2.22. The van der Waals surface area contributed by atoms with Gasteiger partial charge in [-0.25, -0.2) is 0 Å². The highest BCUT2D eigenvalue weighted by Crippen LogP contribution is 2.25. The molecule has 3 nitrogen and oxygen atoms in total. The van der Waals surface area contributed by atoms with Gasteiger partial charge in [0, 0.05) is 28.9 Å². The third kappa shape index (κ3) is 3.99. The van der Waals surface area contributed by atoms with Crippen molar-refractivity contribution in [3.63, 3.8) is 0 Å². The largest absolute Gasteiger partial charge is 0.378 e. The van der Waals surface area contributed by atoms with Gasteiger partial charge in [-0.3, -0.25) is 4.79 Å². The Hall–Kier alpha value is -2.00. The summed E-state index contributed by atoms with van der Waals surface area (Å²) >= 11 is 6.19. The Balaban J connectivity index is 2.07. The van der Waals surface area contributed by atoms with Crippen LogP contribution in [0.5, 0.6) is 0 Å². The Morgan fingerprint density at radius 1 is 1.14 bits per heavy atom. The molecule has 21 heavy (non-hydrogen) atoms. The first kappa shape index (κ1) is 15.4. The summed E-state index contributed by atoms with van der Waals surface area (Å²) in [5.41, 5.74) is 2.66. The van der Waals surface area contributed by atoms with Gasteiger partial charge in [0.05, 0.1) is 0 Å². The van der Waals surface area contributed by atoms with Crippen molar-refractivity contribution in [2.75, 3.05) is 11.9 Å². The lowest BCUT2D eigenvalue weighted by Gasteiger charge is -2.17. The number of rotatable bonds is 5. The standard InChI is InChI=1S/C17H19ClN2O/c1-3-19-17(21)13-8-10-14(11-9-13)20-12(2)15-6-4-5-7-16(15)18/h4-12,20H,3H2,1-2H3,(H,19,21). The fraction of sp³-hybridized carbons (Fsp3) is 0.235. The molecule has 4 heteroatoms. The number of anilines is 1. The first-order valence-electron chi connectivity index (χ1n) is 7.01. The smallest absolute Gasteiger partial charge is 0.251 e. The number of hydrogen-bond acceptors (Lipinski definition) is 2. The maximum absolute atomic E-state index is 11.7. The van der Waals surface area contributed by atoms with Gasteiger partial charge < -0.3 is 10.6 Å². The van der Waals surface area contributed by atoms with E-state index in [0.29, 0.717) is 12.1 Å². The van der Waals surface area contributed by atoms with Crippen molar-refractivity contribution in [1.29, 1.82) is 0 Å². The van der Waals surface area contributed by atoms with E-state index >= 15 is 0 Å². The van der Waals surface area contributed by atoms with Gasteiger partial charge in [-0.1, -0.05) is 29.8 Å². The number of nitrogens with one attached hydrogen (secondary N) is 2. The number of amides is 1. The highest BCUT2D eigenvalue weighted by molar-refractivity contribution is 6.31. The Morgan fingerprint density at radius 2 is 1.81 bits per heavy atom. The molecule has 2 N–H and O–H groups in total. The van der Waals surface area contributed by atoms with Crippen LogP contribution < -0.4 is 10.6 Å².